The lowest BCUT2D eigenvalue weighted by atomic mass is 10.2. The summed E-state index contributed by atoms with van der Waals surface area (Å²) in [6.07, 6.45) is 2.82. The van der Waals surface area contributed by atoms with E-state index in [0.29, 0.717) is 40.3 Å². The van der Waals surface area contributed by atoms with Crippen molar-refractivity contribution in [2.75, 3.05) is 19.8 Å². The van der Waals surface area contributed by atoms with Gasteiger partial charge in [-0.05, 0) is 62.6 Å². The molecule has 0 spiro atoms. The predicted molar refractivity (Wildman–Crippen MR) is 111 cm³/mol. The molecule has 0 aromatic heterocycles. The topological polar surface area (TPSA) is 50.7 Å². The van der Waals surface area contributed by atoms with Gasteiger partial charge in [-0.1, -0.05) is 29.3 Å². The summed E-state index contributed by atoms with van der Waals surface area (Å²) < 4.78 is 24.7. The monoisotopic (exact) mass is 429 g/mol. The van der Waals surface area contributed by atoms with Crippen molar-refractivity contribution in [2.24, 2.45) is 0 Å². The summed E-state index contributed by atoms with van der Waals surface area (Å²) in [5.41, 5.74) is 1.65. The van der Waals surface area contributed by atoms with E-state index in [-0.39, 0.29) is 13.2 Å². The average molecular weight is 430 g/mol. The Bertz CT molecular complexity index is 759. The Labute approximate surface area is 175 Å². The first-order chi connectivity index (χ1) is 13.5. The summed E-state index contributed by atoms with van der Waals surface area (Å²) in [6.45, 7) is 4.27. The zero-order valence-electron chi connectivity index (χ0n) is 15.9. The fourth-order valence-corrected chi connectivity index (χ4v) is 3.20. The van der Waals surface area contributed by atoms with Crippen LogP contribution in [0, 0.1) is 5.82 Å². The van der Waals surface area contributed by atoms with Gasteiger partial charge in [0.1, 0.15) is 12.4 Å². The van der Waals surface area contributed by atoms with E-state index in [1.54, 1.807) is 6.07 Å². The first-order valence-corrected chi connectivity index (χ1v) is 10.1. The van der Waals surface area contributed by atoms with E-state index in [2.05, 4.69) is 5.32 Å². The Morgan fingerprint density at radius 1 is 1.04 bits per heavy atom. The lowest BCUT2D eigenvalue weighted by Crippen LogP contribution is -2.15. The van der Waals surface area contributed by atoms with E-state index in [1.165, 1.54) is 12.1 Å². The van der Waals surface area contributed by atoms with E-state index in [1.807, 2.05) is 19.1 Å². The third-order valence-corrected chi connectivity index (χ3v) is 4.73. The third kappa shape index (κ3) is 7.13. The van der Waals surface area contributed by atoms with Crippen LogP contribution >= 0.6 is 23.2 Å². The average Bonchev–Trinajstić information content (AvgIpc) is 2.65. The largest absolute Gasteiger partial charge is 0.490 e. The van der Waals surface area contributed by atoms with Crippen molar-refractivity contribution < 1.29 is 19.0 Å². The van der Waals surface area contributed by atoms with Gasteiger partial charge in [0.2, 0.25) is 0 Å². The molecule has 0 radical (unpaired) electrons. The Hall–Kier alpha value is -1.53. The molecule has 0 atom stereocenters. The molecule has 154 valence electrons. The first-order valence-electron chi connectivity index (χ1n) is 9.38. The van der Waals surface area contributed by atoms with Gasteiger partial charge in [0.05, 0.1) is 16.7 Å². The number of unbranched alkanes of at least 4 members (excludes halogenated alkanes) is 2. The third-order valence-electron chi connectivity index (χ3n) is 4.10. The van der Waals surface area contributed by atoms with Crippen LogP contribution in [0.15, 0.2) is 30.3 Å². The van der Waals surface area contributed by atoms with Crippen LogP contribution in [0.2, 0.25) is 10.0 Å². The van der Waals surface area contributed by atoms with Crippen molar-refractivity contribution in [3.8, 4) is 11.5 Å². The quantitative estimate of drug-likeness (QED) is 0.445. The number of hydrogen-bond donors (Lipinski definition) is 2. The molecule has 0 unspecified atom stereocenters. The van der Waals surface area contributed by atoms with Crippen molar-refractivity contribution in [2.45, 2.75) is 39.3 Å². The van der Waals surface area contributed by atoms with Gasteiger partial charge in [-0.3, -0.25) is 0 Å². The van der Waals surface area contributed by atoms with Crippen LogP contribution in [-0.2, 0) is 13.2 Å². The SMILES string of the molecule is CCOc1cc(CNCCCCCO)cc(Cl)c1OCc1ccc(F)cc1Cl. The van der Waals surface area contributed by atoms with Gasteiger partial charge < -0.3 is 19.9 Å². The minimum atomic E-state index is -0.394. The van der Waals surface area contributed by atoms with Gasteiger partial charge in [0.25, 0.3) is 0 Å². The molecular formula is C21H26Cl2FNO3. The van der Waals surface area contributed by atoms with Gasteiger partial charge >= 0.3 is 0 Å². The zero-order chi connectivity index (χ0) is 20.4. The van der Waals surface area contributed by atoms with Gasteiger partial charge in [-0.15, -0.1) is 0 Å². The molecule has 2 N–H and O–H groups in total. The molecular weight excluding hydrogens is 404 g/mol. The predicted octanol–water partition coefficient (Wildman–Crippen LogP) is 5.36. The van der Waals surface area contributed by atoms with Crippen molar-refractivity contribution in [1.29, 1.82) is 0 Å². The fourth-order valence-electron chi connectivity index (χ4n) is 2.69. The second-order valence-electron chi connectivity index (χ2n) is 6.32. The van der Waals surface area contributed by atoms with E-state index in [0.717, 1.165) is 31.4 Å². The standard InChI is InChI=1S/C21H26Cl2FNO3/c1-2-27-20-11-15(13-25-8-4-3-5-9-26)10-19(23)21(20)28-14-16-6-7-17(24)12-18(16)22/h6-7,10-12,25-26H,2-5,8-9,13-14H2,1H3. The normalized spacial score (nSPS) is 10.9. The molecule has 0 aliphatic carbocycles. The molecule has 0 aliphatic rings. The molecule has 0 bridgehead atoms. The Balaban J connectivity index is 2.02. The number of aliphatic hydroxyl groups is 1. The van der Waals surface area contributed by atoms with Crippen LogP contribution < -0.4 is 14.8 Å². The number of benzene rings is 2. The van der Waals surface area contributed by atoms with Crippen LogP contribution in [0.3, 0.4) is 0 Å². The summed E-state index contributed by atoms with van der Waals surface area (Å²) in [5, 5.41) is 12.9. The number of aliphatic hydroxyl groups excluding tert-OH is 1. The van der Waals surface area contributed by atoms with Gasteiger partial charge in [-0.2, -0.15) is 0 Å². The number of nitrogens with one attached hydrogen (secondary N) is 1. The van der Waals surface area contributed by atoms with Crippen molar-refractivity contribution in [3.05, 3.63) is 57.3 Å². The number of hydrogen-bond acceptors (Lipinski definition) is 4. The highest BCUT2D eigenvalue weighted by molar-refractivity contribution is 6.32. The molecule has 2 aromatic carbocycles. The highest BCUT2D eigenvalue weighted by Gasteiger charge is 2.14. The smallest absolute Gasteiger partial charge is 0.180 e. The van der Waals surface area contributed by atoms with E-state index in [4.69, 9.17) is 37.8 Å². The lowest BCUT2D eigenvalue weighted by Gasteiger charge is -2.16. The summed E-state index contributed by atoms with van der Waals surface area (Å²) in [7, 11) is 0. The highest BCUT2D eigenvalue weighted by Crippen LogP contribution is 2.37. The number of rotatable bonds is 12. The molecule has 28 heavy (non-hydrogen) atoms. The van der Waals surface area contributed by atoms with Crippen LogP contribution in [0.4, 0.5) is 4.39 Å². The van der Waals surface area contributed by atoms with Crippen molar-refractivity contribution in [1.82, 2.24) is 5.32 Å². The lowest BCUT2D eigenvalue weighted by molar-refractivity contribution is 0.269. The molecule has 2 aromatic rings. The second-order valence-corrected chi connectivity index (χ2v) is 7.14. The van der Waals surface area contributed by atoms with Crippen molar-refractivity contribution >= 4 is 23.2 Å². The maximum atomic E-state index is 13.2. The minimum Gasteiger partial charge on any atom is -0.490 e. The molecule has 0 heterocycles. The van der Waals surface area contributed by atoms with Crippen LogP contribution in [0.5, 0.6) is 11.5 Å². The molecule has 4 nitrogen and oxygen atoms in total. The van der Waals surface area contributed by atoms with E-state index in [9.17, 15) is 4.39 Å². The molecule has 0 aliphatic heterocycles. The summed E-state index contributed by atoms with van der Waals surface area (Å²) in [5.74, 6) is 0.607. The van der Waals surface area contributed by atoms with Gasteiger partial charge in [-0.25, -0.2) is 4.39 Å². The summed E-state index contributed by atoms with van der Waals surface area (Å²) in [6, 6.07) is 7.91. The Kier molecular flexibility index (Phi) is 9.85. The minimum absolute atomic E-state index is 0.154. The zero-order valence-corrected chi connectivity index (χ0v) is 17.5. The molecule has 0 saturated heterocycles. The Morgan fingerprint density at radius 3 is 2.57 bits per heavy atom. The molecule has 2 rings (SSSR count). The fraction of sp³-hybridized carbons (Fsp3) is 0.429. The summed E-state index contributed by atoms with van der Waals surface area (Å²) in [4.78, 5) is 0. The van der Waals surface area contributed by atoms with Gasteiger partial charge in [0.15, 0.2) is 11.5 Å². The van der Waals surface area contributed by atoms with Crippen LogP contribution in [-0.4, -0.2) is 24.9 Å². The van der Waals surface area contributed by atoms with Crippen LogP contribution in [0.25, 0.3) is 0 Å². The van der Waals surface area contributed by atoms with E-state index < -0.39 is 5.82 Å². The molecule has 0 amide bonds. The highest BCUT2D eigenvalue weighted by atomic mass is 35.5. The van der Waals surface area contributed by atoms with Crippen LogP contribution in [0.1, 0.15) is 37.3 Å². The van der Waals surface area contributed by atoms with Gasteiger partial charge in [0, 0.05) is 18.7 Å². The number of ether oxygens (including phenoxy) is 2. The molecule has 7 heteroatoms. The maximum absolute atomic E-state index is 13.2. The first kappa shape index (κ1) is 22.8. The Morgan fingerprint density at radius 2 is 1.86 bits per heavy atom. The molecule has 0 saturated carbocycles. The number of halogens is 3. The van der Waals surface area contributed by atoms with Crippen molar-refractivity contribution in [3.63, 3.8) is 0 Å². The second kappa shape index (κ2) is 12.1. The van der Waals surface area contributed by atoms with E-state index >= 15 is 0 Å². The maximum Gasteiger partial charge on any atom is 0.180 e. The summed E-state index contributed by atoms with van der Waals surface area (Å²) >= 11 is 12.5. The molecule has 0 fully saturated rings.